The summed E-state index contributed by atoms with van der Waals surface area (Å²) in [6.07, 6.45) is 5.30. The van der Waals surface area contributed by atoms with Gasteiger partial charge in [-0.05, 0) is 62.6 Å². The molecular formula is C19H21N5S. The fraction of sp³-hybridized carbons (Fsp3) is 0.316. The number of nitrogens with zero attached hydrogens (tertiary/aromatic N) is 4. The van der Waals surface area contributed by atoms with Crippen LogP contribution in [0, 0.1) is 0 Å². The van der Waals surface area contributed by atoms with E-state index in [0.29, 0.717) is 6.04 Å². The number of thiol groups is 1. The minimum atomic E-state index is 0.516. The molecule has 0 spiro atoms. The summed E-state index contributed by atoms with van der Waals surface area (Å²) in [5.74, 6) is 1.73. The Morgan fingerprint density at radius 3 is 2.72 bits per heavy atom. The van der Waals surface area contributed by atoms with Crippen molar-refractivity contribution in [2.75, 3.05) is 16.8 Å². The van der Waals surface area contributed by atoms with Crippen molar-refractivity contribution in [2.45, 2.75) is 37.1 Å². The van der Waals surface area contributed by atoms with Gasteiger partial charge in [-0.3, -0.25) is 0 Å². The van der Waals surface area contributed by atoms with Crippen LogP contribution in [0.1, 0.15) is 26.2 Å². The minimum Gasteiger partial charge on any atom is -0.354 e. The van der Waals surface area contributed by atoms with Crippen LogP contribution in [-0.4, -0.2) is 27.5 Å². The highest BCUT2D eigenvalue weighted by atomic mass is 32.1. The molecule has 2 aromatic heterocycles. The monoisotopic (exact) mass is 351 g/mol. The summed E-state index contributed by atoms with van der Waals surface area (Å²) in [6, 6.07) is 12.5. The Balaban J connectivity index is 1.71. The lowest BCUT2D eigenvalue weighted by Crippen LogP contribution is -2.37. The molecule has 1 aromatic carbocycles. The van der Waals surface area contributed by atoms with Crippen LogP contribution in [0.15, 0.2) is 47.6 Å². The van der Waals surface area contributed by atoms with Crippen molar-refractivity contribution in [1.82, 2.24) is 15.0 Å². The van der Waals surface area contributed by atoms with Crippen molar-refractivity contribution >= 4 is 41.0 Å². The molecule has 1 atom stereocenters. The van der Waals surface area contributed by atoms with E-state index in [4.69, 9.17) is 4.98 Å². The predicted octanol–water partition coefficient (Wildman–Crippen LogP) is 4.44. The first-order valence-electron chi connectivity index (χ1n) is 8.65. The number of piperidine rings is 1. The Morgan fingerprint density at radius 2 is 1.92 bits per heavy atom. The van der Waals surface area contributed by atoms with Crippen molar-refractivity contribution in [3.63, 3.8) is 0 Å². The molecule has 0 aliphatic carbocycles. The van der Waals surface area contributed by atoms with E-state index >= 15 is 0 Å². The van der Waals surface area contributed by atoms with E-state index in [9.17, 15) is 0 Å². The molecule has 1 aliphatic heterocycles. The van der Waals surface area contributed by atoms with Gasteiger partial charge in [0, 0.05) is 23.2 Å². The molecule has 3 heterocycles. The molecule has 0 bridgehead atoms. The van der Waals surface area contributed by atoms with Gasteiger partial charge in [0.1, 0.15) is 17.7 Å². The average Bonchev–Trinajstić information content (AvgIpc) is 2.64. The summed E-state index contributed by atoms with van der Waals surface area (Å²) in [4.78, 5) is 17.0. The summed E-state index contributed by atoms with van der Waals surface area (Å²) in [5, 5.41) is 3.35. The van der Waals surface area contributed by atoms with Crippen LogP contribution in [0.3, 0.4) is 0 Å². The molecule has 1 unspecified atom stereocenters. The Hall–Kier alpha value is -2.34. The number of benzene rings is 1. The number of fused-ring (bicyclic) bond motifs is 1. The Morgan fingerprint density at radius 1 is 1.08 bits per heavy atom. The van der Waals surface area contributed by atoms with Gasteiger partial charge >= 0.3 is 0 Å². The molecule has 3 aromatic rings. The van der Waals surface area contributed by atoms with E-state index in [2.05, 4.69) is 45.8 Å². The van der Waals surface area contributed by atoms with E-state index < -0.39 is 0 Å². The fourth-order valence-corrected chi connectivity index (χ4v) is 3.45. The number of hydrogen-bond acceptors (Lipinski definition) is 6. The normalized spacial score (nSPS) is 17.7. The van der Waals surface area contributed by atoms with E-state index in [0.717, 1.165) is 39.8 Å². The third kappa shape index (κ3) is 3.39. The van der Waals surface area contributed by atoms with E-state index in [1.165, 1.54) is 19.3 Å². The summed E-state index contributed by atoms with van der Waals surface area (Å²) in [6.45, 7) is 3.32. The molecule has 0 amide bonds. The molecule has 0 saturated carbocycles. The fourth-order valence-electron chi connectivity index (χ4n) is 3.30. The van der Waals surface area contributed by atoms with Crippen LogP contribution in [0.5, 0.6) is 0 Å². The second-order valence-electron chi connectivity index (χ2n) is 6.47. The van der Waals surface area contributed by atoms with Crippen LogP contribution in [0.2, 0.25) is 0 Å². The van der Waals surface area contributed by atoms with Crippen LogP contribution >= 0.6 is 12.6 Å². The summed E-state index contributed by atoms with van der Waals surface area (Å²) < 4.78 is 0. The number of nitrogens with one attached hydrogen (secondary N) is 1. The third-order valence-electron chi connectivity index (χ3n) is 4.69. The predicted molar refractivity (Wildman–Crippen MR) is 105 cm³/mol. The molecule has 4 rings (SSSR count). The lowest BCUT2D eigenvalue weighted by atomic mass is 10.0. The summed E-state index contributed by atoms with van der Waals surface area (Å²) >= 11 is 4.33. The summed E-state index contributed by atoms with van der Waals surface area (Å²) in [7, 11) is 0. The van der Waals surface area contributed by atoms with Crippen molar-refractivity contribution in [3.8, 4) is 0 Å². The van der Waals surface area contributed by atoms with Gasteiger partial charge in [0.2, 0.25) is 0 Å². The molecule has 1 saturated heterocycles. The zero-order chi connectivity index (χ0) is 17.2. The molecular weight excluding hydrogens is 330 g/mol. The number of rotatable bonds is 3. The number of hydrogen-bond donors (Lipinski definition) is 2. The Labute approximate surface area is 152 Å². The Bertz CT molecular complexity index is 881. The molecule has 1 N–H and O–H groups in total. The van der Waals surface area contributed by atoms with Gasteiger partial charge in [0.05, 0.1) is 5.52 Å². The van der Waals surface area contributed by atoms with Crippen LogP contribution in [-0.2, 0) is 0 Å². The maximum atomic E-state index is 4.89. The van der Waals surface area contributed by atoms with Gasteiger partial charge in [-0.15, -0.1) is 12.6 Å². The molecule has 1 fully saturated rings. The van der Waals surface area contributed by atoms with Gasteiger partial charge in [-0.25, -0.2) is 15.0 Å². The first-order valence-corrected chi connectivity index (χ1v) is 9.10. The van der Waals surface area contributed by atoms with Gasteiger partial charge in [0.25, 0.3) is 0 Å². The van der Waals surface area contributed by atoms with Crippen molar-refractivity contribution in [3.05, 3.63) is 42.7 Å². The Kier molecular flexibility index (Phi) is 4.44. The maximum Gasteiger partial charge on any atom is 0.160 e. The lowest BCUT2D eigenvalue weighted by Gasteiger charge is -2.34. The van der Waals surface area contributed by atoms with Crippen molar-refractivity contribution < 1.29 is 0 Å². The first-order chi connectivity index (χ1) is 12.2. The highest BCUT2D eigenvalue weighted by molar-refractivity contribution is 7.80. The third-order valence-corrected chi connectivity index (χ3v) is 4.99. The van der Waals surface area contributed by atoms with Crippen LogP contribution in [0.25, 0.3) is 11.0 Å². The van der Waals surface area contributed by atoms with Gasteiger partial charge in [0.15, 0.2) is 5.82 Å². The molecule has 5 nitrogen and oxygen atoms in total. The van der Waals surface area contributed by atoms with E-state index in [1.807, 2.05) is 30.3 Å². The molecule has 1 aliphatic rings. The smallest absolute Gasteiger partial charge is 0.160 e. The van der Waals surface area contributed by atoms with Gasteiger partial charge in [-0.2, -0.15) is 0 Å². The lowest BCUT2D eigenvalue weighted by molar-refractivity contribution is 0.481. The van der Waals surface area contributed by atoms with Crippen molar-refractivity contribution in [2.24, 2.45) is 0 Å². The zero-order valence-corrected chi connectivity index (χ0v) is 15.1. The molecule has 128 valence electrons. The molecule has 25 heavy (non-hydrogen) atoms. The minimum absolute atomic E-state index is 0.516. The quantitative estimate of drug-likeness (QED) is 0.684. The SMILES string of the molecule is CC1CCCCN1c1ccc2ncnc(Nc3ccc(S)cc3)c2n1. The largest absolute Gasteiger partial charge is 0.354 e. The van der Waals surface area contributed by atoms with E-state index in [1.54, 1.807) is 6.33 Å². The number of aromatic nitrogens is 3. The van der Waals surface area contributed by atoms with Crippen LogP contribution in [0.4, 0.5) is 17.3 Å². The maximum absolute atomic E-state index is 4.89. The second-order valence-corrected chi connectivity index (χ2v) is 6.99. The molecule has 0 radical (unpaired) electrons. The van der Waals surface area contributed by atoms with E-state index in [-0.39, 0.29) is 0 Å². The first kappa shape index (κ1) is 16.1. The standard InChI is InChI=1S/C19H21N5S/c1-13-4-2-3-11-24(13)17-10-9-16-18(23-17)19(21-12-20-16)22-14-5-7-15(25)8-6-14/h5-10,12-13,25H,2-4,11H2,1H3,(H,20,21,22). The topological polar surface area (TPSA) is 53.9 Å². The highest BCUT2D eigenvalue weighted by Gasteiger charge is 2.20. The summed E-state index contributed by atoms with van der Waals surface area (Å²) in [5.41, 5.74) is 2.60. The zero-order valence-electron chi connectivity index (χ0n) is 14.2. The molecule has 6 heteroatoms. The highest BCUT2D eigenvalue weighted by Crippen LogP contribution is 2.27. The number of anilines is 3. The number of pyridine rings is 1. The average molecular weight is 351 g/mol. The van der Waals surface area contributed by atoms with Gasteiger partial charge < -0.3 is 10.2 Å². The van der Waals surface area contributed by atoms with Crippen LogP contribution < -0.4 is 10.2 Å². The second kappa shape index (κ2) is 6.88. The van der Waals surface area contributed by atoms with Crippen molar-refractivity contribution in [1.29, 1.82) is 0 Å². The van der Waals surface area contributed by atoms with Gasteiger partial charge in [-0.1, -0.05) is 0 Å².